The lowest BCUT2D eigenvalue weighted by Gasteiger charge is -2.21. The minimum atomic E-state index is 0.00432. The van der Waals surface area contributed by atoms with E-state index in [0.717, 1.165) is 45.7 Å². The largest absolute Gasteiger partial charge is 0.317 e. The summed E-state index contributed by atoms with van der Waals surface area (Å²) in [4.78, 5) is 21.8. The van der Waals surface area contributed by atoms with Crippen LogP contribution in [0.2, 0.25) is 0 Å². The quantitative estimate of drug-likeness (QED) is 0.676. The summed E-state index contributed by atoms with van der Waals surface area (Å²) < 4.78 is 0. The summed E-state index contributed by atoms with van der Waals surface area (Å²) in [7, 11) is 0. The van der Waals surface area contributed by atoms with E-state index in [1.807, 2.05) is 13.8 Å². The maximum Gasteiger partial charge on any atom is 0.260 e. The van der Waals surface area contributed by atoms with E-state index in [1.165, 1.54) is 17.7 Å². The number of nitrogens with one attached hydrogen (secondary N) is 2. The molecule has 2 aromatic rings. The van der Waals surface area contributed by atoms with Crippen molar-refractivity contribution in [1.82, 2.24) is 15.3 Å². The van der Waals surface area contributed by atoms with E-state index < -0.39 is 0 Å². The predicted molar refractivity (Wildman–Crippen MR) is 86.0 cm³/mol. The average molecular weight is 309 g/mol. The molecule has 2 aromatic heterocycles. The maximum atomic E-state index is 12.2. The highest BCUT2D eigenvalue weighted by atomic mass is 32.2. The molecule has 0 saturated carbocycles. The average Bonchev–Trinajstić information content (AvgIpc) is 2.73. The number of hydrogen-bond acceptors (Lipinski definition) is 5. The zero-order chi connectivity index (χ0) is 14.1. The molecule has 6 heteroatoms. The second-order valence-corrected chi connectivity index (χ2v) is 7.55. The monoisotopic (exact) mass is 309 g/mol. The lowest BCUT2D eigenvalue weighted by Crippen LogP contribution is -2.28. The Morgan fingerprint density at radius 1 is 1.35 bits per heavy atom. The number of rotatable bonds is 3. The Balaban J connectivity index is 1.80. The molecule has 0 aromatic carbocycles. The molecule has 3 rings (SSSR count). The number of aromatic amines is 1. The fourth-order valence-corrected chi connectivity index (χ4v) is 4.68. The zero-order valence-corrected chi connectivity index (χ0v) is 13.4. The van der Waals surface area contributed by atoms with Crippen LogP contribution in [0.5, 0.6) is 0 Å². The van der Waals surface area contributed by atoms with Gasteiger partial charge >= 0.3 is 0 Å². The Hall–Kier alpha value is -0.850. The summed E-state index contributed by atoms with van der Waals surface area (Å²) >= 11 is 3.30. The van der Waals surface area contributed by atoms with Gasteiger partial charge in [-0.2, -0.15) is 0 Å². The van der Waals surface area contributed by atoms with Gasteiger partial charge < -0.3 is 10.3 Å². The number of nitrogens with zero attached hydrogens (tertiary/aromatic N) is 1. The van der Waals surface area contributed by atoms with Crippen LogP contribution in [-0.2, 0) is 0 Å². The lowest BCUT2D eigenvalue weighted by molar-refractivity contribution is 0.407. The second kappa shape index (κ2) is 5.87. The number of thioether (sulfide) groups is 1. The highest BCUT2D eigenvalue weighted by Gasteiger charge is 2.15. The van der Waals surface area contributed by atoms with Crippen LogP contribution in [-0.4, -0.2) is 28.8 Å². The molecular weight excluding hydrogens is 290 g/mol. The third kappa shape index (κ3) is 2.77. The van der Waals surface area contributed by atoms with Crippen molar-refractivity contribution in [2.24, 2.45) is 5.92 Å². The SMILES string of the molecule is Cc1sc2nc(SCC3CCNCC3)[nH]c(=O)c2c1C. The molecule has 0 radical (unpaired) electrons. The van der Waals surface area contributed by atoms with Crippen molar-refractivity contribution in [2.45, 2.75) is 31.8 Å². The third-order valence-corrected chi connectivity index (χ3v) is 6.14. The van der Waals surface area contributed by atoms with Crippen LogP contribution in [0.4, 0.5) is 0 Å². The van der Waals surface area contributed by atoms with Crippen molar-refractivity contribution in [3.63, 3.8) is 0 Å². The van der Waals surface area contributed by atoms with E-state index in [2.05, 4.69) is 15.3 Å². The molecule has 0 bridgehead atoms. The van der Waals surface area contributed by atoms with Gasteiger partial charge in [-0.25, -0.2) is 4.98 Å². The Kier molecular flexibility index (Phi) is 4.14. The van der Waals surface area contributed by atoms with Crippen molar-refractivity contribution in [3.8, 4) is 0 Å². The molecule has 0 amide bonds. The summed E-state index contributed by atoms with van der Waals surface area (Å²) in [6.07, 6.45) is 2.44. The molecule has 1 saturated heterocycles. The summed E-state index contributed by atoms with van der Waals surface area (Å²) in [5.41, 5.74) is 1.07. The standard InChI is InChI=1S/C14H19N3OS2/c1-8-9(2)20-13-11(8)12(18)16-14(17-13)19-7-10-3-5-15-6-4-10/h10,15H,3-7H2,1-2H3,(H,16,17,18). The van der Waals surface area contributed by atoms with Crippen LogP contribution in [0.15, 0.2) is 9.95 Å². The fourth-order valence-electron chi connectivity index (χ4n) is 2.55. The summed E-state index contributed by atoms with van der Waals surface area (Å²) in [6.45, 7) is 6.25. The second-order valence-electron chi connectivity index (χ2n) is 5.34. The third-order valence-electron chi connectivity index (χ3n) is 3.93. The van der Waals surface area contributed by atoms with E-state index in [1.54, 1.807) is 23.1 Å². The molecule has 0 unspecified atom stereocenters. The van der Waals surface area contributed by atoms with Crippen LogP contribution in [0, 0.1) is 19.8 Å². The lowest BCUT2D eigenvalue weighted by atomic mass is 10.0. The van der Waals surface area contributed by atoms with Gasteiger partial charge in [-0.15, -0.1) is 11.3 Å². The van der Waals surface area contributed by atoms with Crippen molar-refractivity contribution in [3.05, 3.63) is 20.8 Å². The number of piperidine rings is 1. The van der Waals surface area contributed by atoms with Gasteiger partial charge in [-0.05, 0) is 51.3 Å². The molecule has 4 nitrogen and oxygen atoms in total. The number of aromatic nitrogens is 2. The zero-order valence-electron chi connectivity index (χ0n) is 11.8. The van der Waals surface area contributed by atoms with Crippen molar-refractivity contribution in [1.29, 1.82) is 0 Å². The Bertz CT molecular complexity index is 671. The van der Waals surface area contributed by atoms with Gasteiger partial charge in [-0.3, -0.25) is 4.79 Å². The molecule has 20 heavy (non-hydrogen) atoms. The van der Waals surface area contributed by atoms with Crippen LogP contribution < -0.4 is 10.9 Å². The topological polar surface area (TPSA) is 57.8 Å². The van der Waals surface area contributed by atoms with Crippen LogP contribution >= 0.6 is 23.1 Å². The summed E-state index contributed by atoms with van der Waals surface area (Å²) in [6, 6.07) is 0. The van der Waals surface area contributed by atoms with E-state index in [-0.39, 0.29) is 5.56 Å². The molecule has 1 aliphatic heterocycles. The highest BCUT2D eigenvalue weighted by molar-refractivity contribution is 7.99. The highest BCUT2D eigenvalue weighted by Crippen LogP contribution is 2.28. The fraction of sp³-hybridized carbons (Fsp3) is 0.571. The first kappa shape index (κ1) is 14.1. The normalized spacial score (nSPS) is 16.9. The van der Waals surface area contributed by atoms with E-state index >= 15 is 0 Å². The van der Waals surface area contributed by atoms with Gasteiger partial charge in [0.1, 0.15) is 4.83 Å². The Morgan fingerprint density at radius 2 is 2.10 bits per heavy atom. The minimum absolute atomic E-state index is 0.00432. The molecule has 1 aliphatic rings. The number of thiophene rings is 1. The van der Waals surface area contributed by atoms with Crippen LogP contribution in [0.1, 0.15) is 23.3 Å². The Labute approximate surface area is 126 Å². The van der Waals surface area contributed by atoms with Crippen LogP contribution in [0.25, 0.3) is 10.2 Å². The maximum absolute atomic E-state index is 12.2. The molecule has 108 valence electrons. The summed E-state index contributed by atoms with van der Waals surface area (Å²) in [5, 5.41) is 4.90. The molecule has 0 atom stereocenters. The number of H-pyrrole nitrogens is 1. The van der Waals surface area contributed by atoms with E-state index in [0.29, 0.717) is 0 Å². The first-order valence-electron chi connectivity index (χ1n) is 6.98. The molecule has 1 fully saturated rings. The molecule has 0 spiro atoms. The molecule has 3 heterocycles. The van der Waals surface area contributed by atoms with E-state index in [4.69, 9.17) is 0 Å². The van der Waals surface area contributed by atoms with Crippen molar-refractivity contribution < 1.29 is 0 Å². The van der Waals surface area contributed by atoms with Gasteiger partial charge in [0, 0.05) is 10.6 Å². The molecular formula is C14H19N3OS2. The van der Waals surface area contributed by atoms with Gasteiger partial charge in [0.15, 0.2) is 5.16 Å². The Morgan fingerprint density at radius 3 is 2.85 bits per heavy atom. The minimum Gasteiger partial charge on any atom is -0.317 e. The summed E-state index contributed by atoms with van der Waals surface area (Å²) in [5.74, 6) is 1.77. The van der Waals surface area contributed by atoms with E-state index in [9.17, 15) is 4.79 Å². The number of aryl methyl sites for hydroxylation is 2. The first-order valence-corrected chi connectivity index (χ1v) is 8.79. The number of hydrogen-bond donors (Lipinski definition) is 2. The van der Waals surface area contributed by atoms with Crippen molar-refractivity contribution >= 4 is 33.3 Å². The predicted octanol–water partition coefficient (Wildman–Crippen LogP) is 2.69. The van der Waals surface area contributed by atoms with Gasteiger partial charge in [0.2, 0.25) is 0 Å². The van der Waals surface area contributed by atoms with Gasteiger partial charge in [0.25, 0.3) is 5.56 Å². The molecule has 2 N–H and O–H groups in total. The van der Waals surface area contributed by atoms with Crippen LogP contribution in [0.3, 0.4) is 0 Å². The van der Waals surface area contributed by atoms with Gasteiger partial charge in [-0.1, -0.05) is 11.8 Å². The smallest absolute Gasteiger partial charge is 0.260 e. The molecule has 0 aliphatic carbocycles. The van der Waals surface area contributed by atoms with Gasteiger partial charge in [0.05, 0.1) is 5.39 Å². The van der Waals surface area contributed by atoms with Crippen molar-refractivity contribution in [2.75, 3.05) is 18.8 Å². The number of fused-ring (bicyclic) bond motifs is 1. The first-order chi connectivity index (χ1) is 9.65.